The molecule has 0 unspecified atom stereocenters. The lowest BCUT2D eigenvalue weighted by molar-refractivity contribution is -0.137. The molecule has 0 radical (unpaired) electrons. The van der Waals surface area contributed by atoms with E-state index in [0.29, 0.717) is 19.4 Å². The number of hydrogen-bond acceptors (Lipinski definition) is 7. The second-order valence-electron chi connectivity index (χ2n) is 6.25. The zero-order chi connectivity index (χ0) is 20.4. The first-order valence-corrected chi connectivity index (χ1v) is 8.53. The van der Waals surface area contributed by atoms with Crippen LogP contribution in [0.2, 0.25) is 0 Å². The van der Waals surface area contributed by atoms with Crippen molar-refractivity contribution >= 4 is 17.6 Å². The highest BCUT2D eigenvalue weighted by molar-refractivity contribution is 5.61. The van der Waals surface area contributed by atoms with Crippen LogP contribution in [0.3, 0.4) is 0 Å². The zero-order valence-electron chi connectivity index (χ0n) is 14.7. The van der Waals surface area contributed by atoms with Crippen LogP contribution in [0.1, 0.15) is 5.56 Å². The van der Waals surface area contributed by atoms with Crippen molar-refractivity contribution in [3.63, 3.8) is 0 Å². The lowest BCUT2D eigenvalue weighted by atomic mass is 10.2. The highest BCUT2D eigenvalue weighted by Crippen LogP contribution is 2.30. The van der Waals surface area contributed by atoms with Gasteiger partial charge in [-0.3, -0.25) is 4.98 Å². The van der Waals surface area contributed by atoms with E-state index in [1.165, 1.54) is 24.4 Å². The van der Waals surface area contributed by atoms with Crippen molar-refractivity contribution in [3.8, 4) is 11.4 Å². The molecule has 29 heavy (non-hydrogen) atoms. The summed E-state index contributed by atoms with van der Waals surface area (Å²) >= 11 is 0. The highest BCUT2D eigenvalue weighted by atomic mass is 19.4. The fourth-order valence-corrected chi connectivity index (χ4v) is 2.55. The summed E-state index contributed by atoms with van der Waals surface area (Å²) < 4.78 is 58.0. The molecule has 1 fully saturated rings. The van der Waals surface area contributed by atoms with E-state index in [0.717, 1.165) is 6.07 Å². The molecule has 2 aromatic heterocycles. The maximum Gasteiger partial charge on any atom is 0.417 e. The van der Waals surface area contributed by atoms with Gasteiger partial charge in [0.25, 0.3) is 0 Å². The number of halogens is 4. The largest absolute Gasteiger partial charge is 0.417 e. The van der Waals surface area contributed by atoms with E-state index in [-0.39, 0.29) is 35.0 Å². The normalized spacial score (nSPS) is 14.3. The van der Waals surface area contributed by atoms with Crippen LogP contribution in [0, 0.1) is 5.82 Å². The number of pyridine rings is 1. The first-order valence-electron chi connectivity index (χ1n) is 8.53. The van der Waals surface area contributed by atoms with Crippen molar-refractivity contribution in [2.45, 2.75) is 12.2 Å². The number of alkyl halides is 3. The topological polar surface area (TPSA) is 84.9 Å². The number of aromatic nitrogens is 4. The molecule has 7 nitrogen and oxygen atoms in total. The Morgan fingerprint density at radius 1 is 1.00 bits per heavy atom. The van der Waals surface area contributed by atoms with E-state index in [2.05, 4.69) is 30.6 Å². The van der Waals surface area contributed by atoms with Crippen LogP contribution in [-0.2, 0) is 10.9 Å². The van der Waals surface area contributed by atoms with Gasteiger partial charge in [0.15, 0.2) is 5.82 Å². The first kappa shape index (κ1) is 19.0. The van der Waals surface area contributed by atoms with Gasteiger partial charge in [-0.1, -0.05) is 12.1 Å². The lowest BCUT2D eigenvalue weighted by Gasteiger charge is -2.26. The van der Waals surface area contributed by atoms with Crippen LogP contribution in [0.5, 0.6) is 0 Å². The van der Waals surface area contributed by atoms with Gasteiger partial charge < -0.3 is 15.4 Å². The van der Waals surface area contributed by atoms with Crippen molar-refractivity contribution in [2.75, 3.05) is 23.8 Å². The zero-order valence-corrected chi connectivity index (χ0v) is 14.7. The Bertz CT molecular complexity index is 1030. The van der Waals surface area contributed by atoms with E-state index in [1.54, 1.807) is 6.07 Å². The summed E-state index contributed by atoms with van der Waals surface area (Å²) in [5.41, 5.74) is -0.757. The minimum absolute atomic E-state index is 0.0195. The lowest BCUT2D eigenvalue weighted by Crippen LogP contribution is -2.40. The van der Waals surface area contributed by atoms with E-state index in [1.807, 2.05) is 0 Å². The van der Waals surface area contributed by atoms with Crippen LogP contribution in [0.25, 0.3) is 11.4 Å². The minimum atomic E-state index is -4.54. The molecule has 1 aliphatic rings. The van der Waals surface area contributed by atoms with Crippen molar-refractivity contribution in [3.05, 3.63) is 54.1 Å². The van der Waals surface area contributed by atoms with Gasteiger partial charge in [0.05, 0.1) is 42.3 Å². The van der Waals surface area contributed by atoms with Gasteiger partial charge in [-0.2, -0.15) is 28.1 Å². The summed E-state index contributed by atoms with van der Waals surface area (Å²) in [6, 6.07) is 6.77. The molecule has 0 amide bonds. The number of nitrogens with one attached hydrogen (secondary N) is 2. The Morgan fingerprint density at radius 2 is 1.76 bits per heavy atom. The number of hydrogen-bond donors (Lipinski definition) is 2. The molecular weight excluding hydrogens is 392 g/mol. The number of rotatable bonds is 5. The average molecular weight is 406 g/mol. The van der Waals surface area contributed by atoms with Gasteiger partial charge in [-0.25, -0.2) is 4.39 Å². The summed E-state index contributed by atoms with van der Waals surface area (Å²) in [4.78, 5) is 16.1. The van der Waals surface area contributed by atoms with E-state index < -0.39 is 17.6 Å². The van der Waals surface area contributed by atoms with Crippen molar-refractivity contribution in [1.82, 2.24) is 19.9 Å². The molecule has 150 valence electrons. The molecule has 0 aliphatic carbocycles. The van der Waals surface area contributed by atoms with Gasteiger partial charge in [0.2, 0.25) is 11.9 Å². The predicted octanol–water partition coefficient (Wildman–Crippen LogP) is 3.65. The maximum absolute atomic E-state index is 14.2. The number of benzene rings is 1. The van der Waals surface area contributed by atoms with Gasteiger partial charge in [0.1, 0.15) is 5.82 Å². The molecule has 3 aromatic rings. The molecule has 4 rings (SSSR count). The quantitative estimate of drug-likeness (QED) is 0.626. The highest BCUT2D eigenvalue weighted by Gasteiger charge is 2.31. The molecule has 1 saturated heterocycles. The molecule has 1 aliphatic heterocycles. The van der Waals surface area contributed by atoms with Gasteiger partial charge in [-0.05, 0) is 18.2 Å². The fraction of sp³-hybridized carbons (Fsp3) is 0.222. The Balaban J connectivity index is 1.69. The predicted molar refractivity (Wildman–Crippen MR) is 96.0 cm³/mol. The summed E-state index contributed by atoms with van der Waals surface area (Å²) in [5.74, 6) is -0.414. The second kappa shape index (κ2) is 7.59. The third-order valence-electron chi connectivity index (χ3n) is 4.04. The van der Waals surface area contributed by atoms with E-state index in [4.69, 9.17) is 4.74 Å². The SMILES string of the molecule is Fc1ccccc1-c1nc(Nc2cncc(C(F)(F)F)c2)nc(NC2COC2)n1. The summed E-state index contributed by atoms with van der Waals surface area (Å²) in [5, 5.41) is 5.70. The molecule has 0 atom stereocenters. The van der Waals surface area contributed by atoms with Crippen LogP contribution in [-0.4, -0.2) is 39.2 Å². The molecule has 3 heterocycles. The molecule has 0 saturated carbocycles. The van der Waals surface area contributed by atoms with Crippen molar-refractivity contribution in [1.29, 1.82) is 0 Å². The Kier molecular flexibility index (Phi) is 4.97. The Morgan fingerprint density at radius 3 is 2.45 bits per heavy atom. The van der Waals surface area contributed by atoms with E-state index >= 15 is 0 Å². The van der Waals surface area contributed by atoms with Crippen LogP contribution < -0.4 is 10.6 Å². The van der Waals surface area contributed by atoms with Gasteiger partial charge in [-0.15, -0.1) is 0 Å². The number of ether oxygens (including phenoxy) is 1. The summed E-state index contributed by atoms with van der Waals surface area (Å²) in [6.45, 7) is 0.919. The Hall–Kier alpha value is -3.34. The van der Waals surface area contributed by atoms with Crippen LogP contribution in [0.4, 0.5) is 35.1 Å². The monoisotopic (exact) mass is 406 g/mol. The van der Waals surface area contributed by atoms with Crippen LogP contribution in [0.15, 0.2) is 42.7 Å². The number of anilines is 3. The number of nitrogens with zero attached hydrogens (tertiary/aromatic N) is 4. The van der Waals surface area contributed by atoms with Gasteiger partial charge >= 0.3 is 6.18 Å². The second-order valence-corrected chi connectivity index (χ2v) is 6.25. The summed E-state index contributed by atoms with van der Waals surface area (Å²) in [7, 11) is 0. The van der Waals surface area contributed by atoms with Gasteiger partial charge in [0, 0.05) is 6.20 Å². The van der Waals surface area contributed by atoms with Crippen molar-refractivity contribution in [2.24, 2.45) is 0 Å². The van der Waals surface area contributed by atoms with Crippen LogP contribution >= 0.6 is 0 Å². The molecular formula is C18H14F4N6O. The molecule has 0 spiro atoms. The smallest absolute Gasteiger partial charge is 0.377 e. The fourth-order valence-electron chi connectivity index (χ4n) is 2.55. The molecule has 1 aromatic carbocycles. The average Bonchev–Trinajstić information content (AvgIpc) is 2.64. The maximum atomic E-state index is 14.2. The van der Waals surface area contributed by atoms with E-state index in [9.17, 15) is 17.6 Å². The summed E-state index contributed by atoms with van der Waals surface area (Å²) in [6.07, 6.45) is -2.62. The van der Waals surface area contributed by atoms with Crippen molar-refractivity contribution < 1.29 is 22.3 Å². The third-order valence-corrected chi connectivity index (χ3v) is 4.04. The molecule has 2 N–H and O–H groups in total. The standard InChI is InChI=1S/C18H14F4N6O/c19-14-4-2-1-3-13(14)15-26-16(28-17(27-15)25-12-8-29-9-12)24-11-5-10(6-23-7-11)18(20,21)22/h1-7,12H,8-9H2,(H2,24,25,26,27,28). The molecule has 0 bridgehead atoms. The minimum Gasteiger partial charge on any atom is -0.377 e. The first-order chi connectivity index (χ1) is 13.9. The third kappa shape index (κ3) is 4.40. The molecule has 11 heteroatoms. The Labute approximate surface area is 162 Å².